The zero-order valence-electron chi connectivity index (χ0n) is 11.7. The molecule has 1 N–H and O–H groups in total. The second kappa shape index (κ2) is 6.24. The molecule has 2 nitrogen and oxygen atoms in total. The predicted molar refractivity (Wildman–Crippen MR) is 90.9 cm³/mol. The Bertz CT molecular complexity index is 686. The number of rotatable bonds is 2. The molecule has 4 heteroatoms. The quantitative estimate of drug-likeness (QED) is 0.837. The number of carbonyl (C=O) groups excluding carboxylic acids is 1. The van der Waals surface area contributed by atoms with Gasteiger partial charge in [-0.2, -0.15) is 0 Å². The number of nitrogens with one attached hydrogen (secondary N) is 1. The van der Waals surface area contributed by atoms with E-state index in [-0.39, 0.29) is 11.9 Å². The highest BCUT2D eigenvalue weighted by Crippen LogP contribution is 2.36. The van der Waals surface area contributed by atoms with Crippen molar-refractivity contribution >= 4 is 33.6 Å². The number of thioether (sulfide) groups is 1. The number of amides is 1. The highest BCUT2D eigenvalue weighted by molar-refractivity contribution is 9.10. The average molecular weight is 362 g/mol. The maximum atomic E-state index is 12.6. The number of fused-ring (bicyclic) bond motifs is 1. The topological polar surface area (TPSA) is 29.1 Å². The number of aryl methyl sites for hydroxylation is 1. The van der Waals surface area contributed by atoms with E-state index in [4.69, 9.17) is 0 Å². The second-order valence-electron chi connectivity index (χ2n) is 5.16. The summed E-state index contributed by atoms with van der Waals surface area (Å²) in [4.78, 5) is 13.8. The van der Waals surface area contributed by atoms with Gasteiger partial charge in [-0.05, 0) is 42.7 Å². The van der Waals surface area contributed by atoms with Gasteiger partial charge in [0.2, 0.25) is 0 Å². The summed E-state index contributed by atoms with van der Waals surface area (Å²) in [5, 5.41) is 3.19. The van der Waals surface area contributed by atoms with Crippen LogP contribution in [0, 0.1) is 6.92 Å². The van der Waals surface area contributed by atoms with Gasteiger partial charge in [0.25, 0.3) is 5.91 Å². The van der Waals surface area contributed by atoms with Crippen molar-refractivity contribution in [2.45, 2.75) is 24.3 Å². The molecule has 1 unspecified atom stereocenters. The van der Waals surface area contributed by atoms with E-state index >= 15 is 0 Å². The first-order valence-electron chi connectivity index (χ1n) is 6.94. The van der Waals surface area contributed by atoms with E-state index in [9.17, 15) is 4.79 Å². The van der Waals surface area contributed by atoms with Crippen molar-refractivity contribution in [3.05, 3.63) is 63.6 Å². The molecule has 1 amide bonds. The number of halogens is 1. The molecule has 0 fully saturated rings. The molecule has 2 aromatic rings. The summed E-state index contributed by atoms with van der Waals surface area (Å²) < 4.78 is 0.929. The van der Waals surface area contributed by atoms with Crippen LogP contribution in [0.1, 0.15) is 33.9 Å². The molecule has 0 saturated heterocycles. The Kier molecular flexibility index (Phi) is 4.36. The lowest BCUT2D eigenvalue weighted by Crippen LogP contribution is -2.31. The maximum absolute atomic E-state index is 12.6. The third kappa shape index (κ3) is 3.16. The minimum absolute atomic E-state index is 0.000466. The van der Waals surface area contributed by atoms with Crippen LogP contribution in [0.4, 0.5) is 0 Å². The van der Waals surface area contributed by atoms with Crippen LogP contribution in [0.25, 0.3) is 0 Å². The smallest absolute Gasteiger partial charge is 0.252 e. The third-order valence-electron chi connectivity index (χ3n) is 3.71. The molecule has 21 heavy (non-hydrogen) atoms. The fraction of sp³-hybridized carbons (Fsp3) is 0.235. The van der Waals surface area contributed by atoms with Crippen LogP contribution in [0.15, 0.2) is 51.8 Å². The summed E-state index contributed by atoms with van der Waals surface area (Å²) in [5.74, 6) is 1.04. The molecule has 1 aliphatic heterocycles. The van der Waals surface area contributed by atoms with Gasteiger partial charge >= 0.3 is 0 Å². The van der Waals surface area contributed by atoms with Crippen molar-refractivity contribution in [2.24, 2.45) is 0 Å². The van der Waals surface area contributed by atoms with Gasteiger partial charge in [0, 0.05) is 20.7 Å². The SMILES string of the molecule is Cc1ccc(Br)cc1C(=O)NC1CCSc2ccccc21. The molecule has 1 heterocycles. The molecule has 1 atom stereocenters. The minimum Gasteiger partial charge on any atom is -0.345 e. The van der Waals surface area contributed by atoms with Gasteiger partial charge in [0.1, 0.15) is 0 Å². The molecule has 0 bridgehead atoms. The third-order valence-corrected chi connectivity index (χ3v) is 5.32. The number of hydrogen-bond acceptors (Lipinski definition) is 2. The van der Waals surface area contributed by atoms with Crippen molar-refractivity contribution in [3.63, 3.8) is 0 Å². The van der Waals surface area contributed by atoms with Crippen LogP contribution in [0.5, 0.6) is 0 Å². The van der Waals surface area contributed by atoms with Gasteiger partial charge < -0.3 is 5.32 Å². The van der Waals surface area contributed by atoms with Gasteiger partial charge in [-0.15, -0.1) is 11.8 Å². The number of hydrogen-bond donors (Lipinski definition) is 1. The van der Waals surface area contributed by atoms with E-state index < -0.39 is 0 Å². The van der Waals surface area contributed by atoms with E-state index in [0.717, 1.165) is 27.8 Å². The Balaban J connectivity index is 1.84. The second-order valence-corrected chi connectivity index (χ2v) is 7.21. The van der Waals surface area contributed by atoms with Crippen LogP contribution >= 0.6 is 27.7 Å². The molecule has 2 aromatic carbocycles. The van der Waals surface area contributed by atoms with E-state index in [1.165, 1.54) is 10.5 Å². The largest absolute Gasteiger partial charge is 0.345 e. The molecule has 108 valence electrons. The van der Waals surface area contributed by atoms with Crippen molar-refractivity contribution in [3.8, 4) is 0 Å². The van der Waals surface area contributed by atoms with Gasteiger partial charge in [-0.25, -0.2) is 0 Å². The van der Waals surface area contributed by atoms with Crippen LogP contribution < -0.4 is 5.32 Å². The zero-order valence-corrected chi connectivity index (χ0v) is 14.1. The molecule has 0 aliphatic carbocycles. The van der Waals surface area contributed by atoms with E-state index in [2.05, 4.69) is 39.4 Å². The lowest BCUT2D eigenvalue weighted by atomic mass is 10.0. The molecular weight excluding hydrogens is 346 g/mol. The van der Waals surface area contributed by atoms with Gasteiger partial charge in [0.05, 0.1) is 6.04 Å². The Morgan fingerprint density at radius 2 is 2.10 bits per heavy atom. The minimum atomic E-state index is 0.000466. The van der Waals surface area contributed by atoms with Gasteiger partial charge in [-0.3, -0.25) is 4.79 Å². The summed E-state index contributed by atoms with van der Waals surface area (Å²) in [6, 6.07) is 14.2. The molecular formula is C17H16BrNOS. The summed E-state index contributed by atoms with van der Waals surface area (Å²) in [6.45, 7) is 1.96. The Hall–Kier alpha value is -1.26. The van der Waals surface area contributed by atoms with Crippen molar-refractivity contribution < 1.29 is 4.79 Å². The fourth-order valence-electron chi connectivity index (χ4n) is 2.57. The normalized spacial score (nSPS) is 17.1. The van der Waals surface area contributed by atoms with Crippen LogP contribution in [0.2, 0.25) is 0 Å². The molecule has 0 spiro atoms. The molecule has 0 radical (unpaired) electrons. The molecule has 3 rings (SSSR count). The highest BCUT2D eigenvalue weighted by Gasteiger charge is 2.22. The molecule has 0 saturated carbocycles. The van der Waals surface area contributed by atoms with Crippen molar-refractivity contribution in [1.82, 2.24) is 5.32 Å². The predicted octanol–water partition coefficient (Wildman–Crippen LogP) is 4.72. The standard InChI is InChI=1S/C17H16BrNOS/c1-11-6-7-12(18)10-14(11)17(20)19-15-8-9-21-16-5-3-2-4-13(15)16/h2-7,10,15H,8-9H2,1H3,(H,19,20). The highest BCUT2D eigenvalue weighted by atomic mass is 79.9. The van der Waals surface area contributed by atoms with Crippen LogP contribution in [0.3, 0.4) is 0 Å². The Morgan fingerprint density at radius 1 is 1.29 bits per heavy atom. The summed E-state index contributed by atoms with van der Waals surface area (Å²) in [7, 11) is 0. The monoisotopic (exact) mass is 361 g/mol. The van der Waals surface area contributed by atoms with E-state index in [0.29, 0.717) is 0 Å². The lowest BCUT2D eigenvalue weighted by Gasteiger charge is -2.26. The maximum Gasteiger partial charge on any atom is 0.252 e. The number of carbonyl (C=O) groups is 1. The first-order chi connectivity index (χ1) is 10.1. The van der Waals surface area contributed by atoms with Gasteiger partial charge in [0.15, 0.2) is 0 Å². The van der Waals surface area contributed by atoms with Crippen molar-refractivity contribution in [2.75, 3.05) is 5.75 Å². The first-order valence-corrected chi connectivity index (χ1v) is 8.72. The molecule has 1 aliphatic rings. The van der Waals surface area contributed by atoms with Crippen LogP contribution in [-0.2, 0) is 0 Å². The summed E-state index contributed by atoms with van der Waals surface area (Å²) in [6.07, 6.45) is 0.973. The molecule has 0 aromatic heterocycles. The number of benzene rings is 2. The summed E-state index contributed by atoms with van der Waals surface area (Å²) >= 11 is 5.29. The summed E-state index contributed by atoms with van der Waals surface area (Å²) in [5.41, 5.74) is 2.96. The Morgan fingerprint density at radius 3 is 2.95 bits per heavy atom. The van der Waals surface area contributed by atoms with E-state index in [1.54, 1.807) is 0 Å². The first kappa shape index (κ1) is 14.7. The Labute approximate surface area is 137 Å². The average Bonchev–Trinajstić information content (AvgIpc) is 2.50. The van der Waals surface area contributed by atoms with Gasteiger partial charge in [-0.1, -0.05) is 40.2 Å². The van der Waals surface area contributed by atoms with Crippen LogP contribution in [-0.4, -0.2) is 11.7 Å². The fourth-order valence-corrected chi connectivity index (χ4v) is 4.05. The van der Waals surface area contributed by atoms with E-state index in [1.807, 2.05) is 43.0 Å². The zero-order chi connectivity index (χ0) is 14.8. The van der Waals surface area contributed by atoms with Crippen molar-refractivity contribution in [1.29, 1.82) is 0 Å². The lowest BCUT2D eigenvalue weighted by molar-refractivity contribution is 0.0934.